The molecule has 0 saturated carbocycles. The number of rotatable bonds is 7. The summed E-state index contributed by atoms with van der Waals surface area (Å²) in [6.45, 7) is 4.99. The van der Waals surface area contributed by atoms with Crippen LogP contribution >= 0.6 is 0 Å². The molecule has 1 unspecified atom stereocenters. The van der Waals surface area contributed by atoms with Crippen LogP contribution in [0.4, 0.5) is 5.69 Å². The quantitative estimate of drug-likeness (QED) is 0.770. The Bertz CT molecular complexity index is 696. The van der Waals surface area contributed by atoms with Crippen molar-refractivity contribution in [1.82, 2.24) is 10.3 Å². The Labute approximate surface area is 125 Å². The molecule has 0 radical (unpaired) electrons. The first-order chi connectivity index (χ1) is 10.0. The second-order valence-corrected chi connectivity index (χ2v) is 7.14. The summed E-state index contributed by atoms with van der Waals surface area (Å²) in [5, 5.41) is 3.53. The lowest BCUT2D eigenvalue weighted by molar-refractivity contribution is 0.576. The van der Waals surface area contributed by atoms with Gasteiger partial charge in [0.25, 0.3) is 0 Å². The summed E-state index contributed by atoms with van der Waals surface area (Å²) in [7, 11) is -3.44. The molecule has 0 aliphatic heterocycles. The molecule has 0 aliphatic rings. The second kappa shape index (κ2) is 6.87. The van der Waals surface area contributed by atoms with Gasteiger partial charge >= 0.3 is 0 Å². The molecule has 6 heteroatoms. The van der Waals surface area contributed by atoms with Crippen molar-refractivity contribution in [1.29, 1.82) is 0 Å². The lowest BCUT2D eigenvalue weighted by Gasteiger charge is -2.16. The van der Waals surface area contributed by atoms with Gasteiger partial charge in [0.05, 0.1) is 16.5 Å². The molecule has 0 amide bonds. The number of nitrogens with one attached hydrogen (secondary N) is 2. The van der Waals surface area contributed by atoms with Crippen LogP contribution in [0.3, 0.4) is 0 Å². The molecular formula is C15H21N3O2S. The van der Waals surface area contributed by atoms with E-state index in [0.29, 0.717) is 17.7 Å². The molecule has 21 heavy (non-hydrogen) atoms. The number of hydrogen-bond acceptors (Lipinski definition) is 4. The van der Waals surface area contributed by atoms with E-state index >= 15 is 0 Å². The highest BCUT2D eigenvalue weighted by Crippen LogP contribution is 2.22. The van der Waals surface area contributed by atoms with Crippen LogP contribution in [0.5, 0.6) is 0 Å². The molecule has 2 rings (SSSR count). The van der Waals surface area contributed by atoms with Gasteiger partial charge in [-0.15, -0.1) is 0 Å². The minimum absolute atomic E-state index is 0.432. The molecule has 0 saturated heterocycles. The van der Waals surface area contributed by atoms with Crippen LogP contribution in [0.1, 0.15) is 20.3 Å². The SMILES string of the molecule is CCCNCC(C)S(=O)(=O)Nc1cccc2cccnc12. The number of sulfonamides is 1. The van der Waals surface area contributed by atoms with Crippen molar-refractivity contribution in [2.45, 2.75) is 25.5 Å². The van der Waals surface area contributed by atoms with E-state index < -0.39 is 15.3 Å². The lowest BCUT2D eigenvalue weighted by atomic mass is 10.2. The average molecular weight is 307 g/mol. The predicted octanol–water partition coefficient (Wildman–Crippen LogP) is 2.36. The van der Waals surface area contributed by atoms with E-state index in [1.54, 1.807) is 19.2 Å². The van der Waals surface area contributed by atoms with Gasteiger partial charge in [0.2, 0.25) is 10.0 Å². The van der Waals surface area contributed by atoms with Crippen molar-refractivity contribution in [2.24, 2.45) is 0 Å². The third-order valence-electron chi connectivity index (χ3n) is 3.27. The summed E-state index contributed by atoms with van der Waals surface area (Å²) in [4.78, 5) is 4.26. The highest BCUT2D eigenvalue weighted by molar-refractivity contribution is 7.93. The maximum atomic E-state index is 12.4. The zero-order valence-electron chi connectivity index (χ0n) is 12.3. The third kappa shape index (κ3) is 3.92. The van der Waals surface area contributed by atoms with Gasteiger partial charge in [0.1, 0.15) is 0 Å². The van der Waals surface area contributed by atoms with Gasteiger partial charge in [0.15, 0.2) is 0 Å². The van der Waals surface area contributed by atoms with Crippen molar-refractivity contribution in [3.8, 4) is 0 Å². The Morgan fingerprint density at radius 1 is 1.24 bits per heavy atom. The van der Waals surface area contributed by atoms with Crippen LogP contribution in [-0.2, 0) is 10.0 Å². The fourth-order valence-corrected chi connectivity index (χ4v) is 3.04. The number of pyridine rings is 1. The Hall–Kier alpha value is -1.66. The molecule has 1 aromatic carbocycles. The van der Waals surface area contributed by atoms with E-state index in [2.05, 4.69) is 15.0 Å². The van der Waals surface area contributed by atoms with Gasteiger partial charge < -0.3 is 5.32 Å². The summed E-state index contributed by atoms with van der Waals surface area (Å²) in [5.74, 6) is 0. The summed E-state index contributed by atoms with van der Waals surface area (Å²) in [6, 6.07) is 9.21. The number of hydrogen-bond donors (Lipinski definition) is 2. The summed E-state index contributed by atoms with van der Waals surface area (Å²) < 4.78 is 27.4. The normalized spacial score (nSPS) is 13.2. The fourth-order valence-electron chi connectivity index (χ4n) is 2.03. The second-order valence-electron chi connectivity index (χ2n) is 5.04. The number of anilines is 1. The van der Waals surface area contributed by atoms with Crippen molar-refractivity contribution in [3.63, 3.8) is 0 Å². The first-order valence-corrected chi connectivity index (χ1v) is 8.65. The largest absolute Gasteiger partial charge is 0.315 e. The summed E-state index contributed by atoms with van der Waals surface area (Å²) in [5.41, 5.74) is 1.19. The smallest absolute Gasteiger partial charge is 0.236 e. The van der Waals surface area contributed by atoms with Gasteiger partial charge in [-0.25, -0.2) is 8.42 Å². The maximum absolute atomic E-state index is 12.4. The Morgan fingerprint density at radius 3 is 2.76 bits per heavy atom. The van der Waals surface area contributed by atoms with E-state index in [4.69, 9.17) is 0 Å². The first kappa shape index (κ1) is 15.7. The number of nitrogens with zero attached hydrogens (tertiary/aromatic N) is 1. The summed E-state index contributed by atoms with van der Waals surface area (Å²) >= 11 is 0. The van der Waals surface area contributed by atoms with Crippen molar-refractivity contribution in [3.05, 3.63) is 36.5 Å². The third-order valence-corrected chi connectivity index (χ3v) is 5.00. The predicted molar refractivity (Wildman–Crippen MR) is 86.9 cm³/mol. The molecule has 2 aromatic rings. The monoisotopic (exact) mass is 307 g/mol. The van der Waals surface area contributed by atoms with E-state index in [9.17, 15) is 8.42 Å². The molecule has 1 heterocycles. The van der Waals surface area contributed by atoms with Gasteiger partial charge in [-0.05, 0) is 32.0 Å². The number of para-hydroxylation sites is 1. The van der Waals surface area contributed by atoms with Crippen LogP contribution in [0.2, 0.25) is 0 Å². The molecule has 5 nitrogen and oxygen atoms in total. The van der Waals surface area contributed by atoms with E-state index in [0.717, 1.165) is 18.4 Å². The number of aromatic nitrogens is 1. The topological polar surface area (TPSA) is 71.1 Å². The van der Waals surface area contributed by atoms with Crippen molar-refractivity contribution in [2.75, 3.05) is 17.8 Å². The molecule has 0 bridgehead atoms. The molecular weight excluding hydrogens is 286 g/mol. The standard InChI is InChI=1S/C15H21N3O2S/c1-3-9-16-11-12(2)21(19,20)18-14-8-4-6-13-7-5-10-17-15(13)14/h4-8,10,12,16,18H,3,9,11H2,1-2H3. The van der Waals surface area contributed by atoms with Crippen molar-refractivity contribution >= 4 is 26.6 Å². The minimum Gasteiger partial charge on any atom is -0.315 e. The van der Waals surface area contributed by atoms with Crippen LogP contribution in [0.25, 0.3) is 10.9 Å². The zero-order valence-corrected chi connectivity index (χ0v) is 13.2. The van der Waals surface area contributed by atoms with Crippen LogP contribution in [-0.4, -0.2) is 31.7 Å². The lowest BCUT2D eigenvalue weighted by Crippen LogP contribution is -2.35. The maximum Gasteiger partial charge on any atom is 0.236 e. The van der Waals surface area contributed by atoms with Gasteiger partial charge in [-0.1, -0.05) is 25.1 Å². The van der Waals surface area contributed by atoms with Gasteiger partial charge in [-0.2, -0.15) is 0 Å². The van der Waals surface area contributed by atoms with Crippen LogP contribution in [0.15, 0.2) is 36.5 Å². The van der Waals surface area contributed by atoms with Crippen LogP contribution < -0.4 is 10.0 Å². The van der Waals surface area contributed by atoms with Gasteiger partial charge in [0, 0.05) is 18.1 Å². The fraction of sp³-hybridized carbons (Fsp3) is 0.400. The highest BCUT2D eigenvalue weighted by Gasteiger charge is 2.21. The Morgan fingerprint density at radius 2 is 2.00 bits per heavy atom. The van der Waals surface area contributed by atoms with E-state index in [1.807, 2.05) is 31.2 Å². The van der Waals surface area contributed by atoms with E-state index in [1.165, 1.54) is 0 Å². The highest BCUT2D eigenvalue weighted by atomic mass is 32.2. The number of benzene rings is 1. The summed E-state index contributed by atoms with van der Waals surface area (Å²) in [6.07, 6.45) is 2.64. The molecule has 0 fully saturated rings. The number of fused-ring (bicyclic) bond motifs is 1. The molecule has 2 N–H and O–H groups in total. The molecule has 114 valence electrons. The molecule has 1 atom stereocenters. The van der Waals surface area contributed by atoms with Gasteiger partial charge in [-0.3, -0.25) is 9.71 Å². The van der Waals surface area contributed by atoms with Crippen molar-refractivity contribution < 1.29 is 8.42 Å². The molecule has 1 aromatic heterocycles. The first-order valence-electron chi connectivity index (χ1n) is 7.10. The Kier molecular flexibility index (Phi) is 5.14. The molecule has 0 aliphatic carbocycles. The zero-order chi connectivity index (χ0) is 15.3. The van der Waals surface area contributed by atoms with Crippen LogP contribution in [0, 0.1) is 0 Å². The minimum atomic E-state index is -3.44. The average Bonchev–Trinajstić information content (AvgIpc) is 2.47. The van der Waals surface area contributed by atoms with E-state index in [-0.39, 0.29) is 0 Å². The molecule has 0 spiro atoms. The Balaban J connectivity index is 2.19.